The van der Waals surface area contributed by atoms with Gasteiger partial charge in [-0.15, -0.1) is 0 Å². The fourth-order valence-corrected chi connectivity index (χ4v) is 3.30. The largest absolute Gasteiger partial charge is 0.379 e. The molecule has 0 fully saturated rings. The zero-order chi connectivity index (χ0) is 17.5. The van der Waals surface area contributed by atoms with E-state index in [2.05, 4.69) is 17.6 Å². The zero-order valence-corrected chi connectivity index (χ0v) is 14.8. The molecule has 1 aromatic heterocycles. The number of hydrogen-bond donors (Lipinski definition) is 2. The lowest BCUT2D eigenvalue weighted by Crippen LogP contribution is -2.44. The van der Waals surface area contributed by atoms with Gasteiger partial charge < -0.3 is 15.2 Å². The number of nitrogens with zero attached hydrogens (tertiary/aromatic N) is 1. The molecule has 3 rings (SSSR count). The normalized spacial score (nSPS) is 16.8. The van der Waals surface area contributed by atoms with Crippen molar-refractivity contribution in [3.63, 3.8) is 0 Å². The minimum absolute atomic E-state index is 0.209. The van der Waals surface area contributed by atoms with Gasteiger partial charge in [0.15, 0.2) is 0 Å². The Labute approximate surface area is 142 Å². The molecule has 24 heavy (non-hydrogen) atoms. The Kier molecular flexibility index (Phi) is 4.11. The van der Waals surface area contributed by atoms with E-state index in [1.54, 1.807) is 10.6 Å². The lowest BCUT2D eigenvalue weighted by Gasteiger charge is -2.29. The van der Waals surface area contributed by atoms with Gasteiger partial charge in [-0.2, -0.15) is 0 Å². The summed E-state index contributed by atoms with van der Waals surface area (Å²) in [7, 11) is 0. The summed E-state index contributed by atoms with van der Waals surface area (Å²) in [4.78, 5) is 25.5. The van der Waals surface area contributed by atoms with Crippen LogP contribution in [0.4, 0.5) is 5.69 Å². The van der Waals surface area contributed by atoms with E-state index in [1.165, 1.54) is 0 Å². The van der Waals surface area contributed by atoms with Crippen molar-refractivity contribution in [2.24, 2.45) is 0 Å². The van der Waals surface area contributed by atoms with Crippen LogP contribution in [-0.4, -0.2) is 22.1 Å². The van der Waals surface area contributed by atoms with Crippen molar-refractivity contribution < 1.29 is 4.79 Å². The number of benzene rings is 1. The first kappa shape index (κ1) is 16.6. The summed E-state index contributed by atoms with van der Waals surface area (Å²) in [5.41, 5.74) is 1.49. The number of aromatic nitrogens is 1. The van der Waals surface area contributed by atoms with E-state index >= 15 is 0 Å². The molecule has 2 aromatic rings. The molecule has 1 amide bonds. The van der Waals surface area contributed by atoms with Gasteiger partial charge in [-0.25, -0.2) is 0 Å². The molecule has 1 aliphatic heterocycles. The maximum Gasteiger partial charge on any atom is 0.264 e. The average Bonchev–Trinajstić information content (AvgIpc) is 2.49. The van der Waals surface area contributed by atoms with Gasteiger partial charge >= 0.3 is 0 Å². The minimum Gasteiger partial charge on any atom is -0.379 e. The zero-order valence-electron chi connectivity index (χ0n) is 14.8. The first-order chi connectivity index (χ1) is 11.3. The highest BCUT2D eigenvalue weighted by molar-refractivity contribution is 6.00. The summed E-state index contributed by atoms with van der Waals surface area (Å²) in [6.07, 6.45) is 2.03. The summed E-state index contributed by atoms with van der Waals surface area (Å²) >= 11 is 0. The molecule has 0 spiro atoms. The highest BCUT2D eigenvalue weighted by Crippen LogP contribution is 2.28. The fourth-order valence-electron chi connectivity index (χ4n) is 3.30. The second-order valence-corrected chi connectivity index (χ2v) is 7.55. The summed E-state index contributed by atoms with van der Waals surface area (Å²) < 4.78 is 1.76. The quantitative estimate of drug-likeness (QED) is 0.910. The fraction of sp³-hybridized carbons (Fsp3) is 0.474. The topological polar surface area (TPSA) is 63.1 Å². The highest BCUT2D eigenvalue weighted by Gasteiger charge is 2.25. The maximum atomic E-state index is 13.0. The average molecular weight is 327 g/mol. The number of para-hydroxylation sites is 1. The molecule has 1 atom stereocenters. The molecule has 0 saturated carbocycles. The van der Waals surface area contributed by atoms with Crippen molar-refractivity contribution in [3.05, 3.63) is 40.2 Å². The van der Waals surface area contributed by atoms with Crippen molar-refractivity contribution in [1.29, 1.82) is 0 Å². The Morgan fingerprint density at radius 2 is 2.12 bits per heavy atom. The van der Waals surface area contributed by atoms with Gasteiger partial charge in [0.05, 0.1) is 11.2 Å². The van der Waals surface area contributed by atoms with Crippen LogP contribution in [0, 0.1) is 0 Å². The second kappa shape index (κ2) is 5.96. The molecule has 1 unspecified atom stereocenters. The van der Waals surface area contributed by atoms with E-state index in [4.69, 9.17) is 0 Å². The lowest BCUT2D eigenvalue weighted by molar-refractivity contribution is 0.0917. The van der Waals surface area contributed by atoms with E-state index < -0.39 is 0 Å². The Balaban J connectivity index is 2.14. The molecular formula is C19H25N3O2. The second-order valence-electron chi connectivity index (χ2n) is 7.55. The van der Waals surface area contributed by atoms with Gasteiger partial charge in [0, 0.05) is 23.5 Å². The Morgan fingerprint density at radius 3 is 2.79 bits per heavy atom. The van der Waals surface area contributed by atoms with E-state index in [1.807, 2.05) is 39.0 Å². The number of nitrogens with one attached hydrogen (secondary N) is 2. The van der Waals surface area contributed by atoms with Gasteiger partial charge in [-0.05, 0) is 39.3 Å². The predicted molar refractivity (Wildman–Crippen MR) is 97.7 cm³/mol. The molecule has 0 radical (unpaired) electrons. The van der Waals surface area contributed by atoms with Crippen molar-refractivity contribution >= 4 is 22.5 Å². The van der Waals surface area contributed by atoms with Crippen molar-refractivity contribution in [1.82, 2.24) is 9.88 Å². The van der Waals surface area contributed by atoms with Crippen molar-refractivity contribution in [3.8, 4) is 0 Å². The van der Waals surface area contributed by atoms with Gasteiger partial charge in [0.2, 0.25) is 0 Å². The third-order valence-corrected chi connectivity index (χ3v) is 4.25. The van der Waals surface area contributed by atoms with Gasteiger partial charge in [-0.3, -0.25) is 9.59 Å². The molecule has 2 N–H and O–H groups in total. The Hall–Kier alpha value is -2.30. The van der Waals surface area contributed by atoms with Crippen LogP contribution in [0.1, 0.15) is 50.9 Å². The van der Waals surface area contributed by atoms with Gasteiger partial charge in [0.25, 0.3) is 11.5 Å². The standard InChI is InChI=1S/C19H25N3O2/c1-5-7-13-11-22-16-12(8-6-9-15(16)20-13)10-14(18(22)24)17(23)21-19(2,3)4/h6,8-10,13,20H,5,7,11H2,1-4H3,(H,21,23). The molecule has 2 heterocycles. The van der Waals surface area contributed by atoms with Crippen molar-refractivity contribution in [2.75, 3.05) is 5.32 Å². The Bertz CT molecular complexity index is 846. The van der Waals surface area contributed by atoms with E-state index in [9.17, 15) is 9.59 Å². The number of amides is 1. The van der Waals surface area contributed by atoms with E-state index in [0.29, 0.717) is 6.54 Å². The summed E-state index contributed by atoms with van der Waals surface area (Å²) in [5.74, 6) is -0.311. The molecule has 5 nitrogen and oxygen atoms in total. The van der Waals surface area contributed by atoms with Crippen molar-refractivity contribution in [2.45, 2.75) is 58.7 Å². The van der Waals surface area contributed by atoms with Crippen LogP contribution in [0.2, 0.25) is 0 Å². The van der Waals surface area contributed by atoms with Crippen LogP contribution in [-0.2, 0) is 6.54 Å². The minimum atomic E-state index is -0.380. The summed E-state index contributed by atoms with van der Waals surface area (Å²) in [6.45, 7) is 8.46. The first-order valence-electron chi connectivity index (χ1n) is 8.56. The number of anilines is 1. The predicted octanol–water partition coefficient (Wildman–Crippen LogP) is 3.12. The lowest BCUT2D eigenvalue weighted by atomic mass is 10.0. The monoisotopic (exact) mass is 327 g/mol. The Morgan fingerprint density at radius 1 is 1.38 bits per heavy atom. The molecule has 1 aromatic carbocycles. The van der Waals surface area contributed by atoms with Crippen LogP contribution in [0.15, 0.2) is 29.1 Å². The summed E-state index contributed by atoms with van der Waals surface area (Å²) in [6, 6.07) is 7.82. The molecular weight excluding hydrogens is 302 g/mol. The smallest absolute Gasteiger partial charge is 0.264 e. The molecule has 0 saturated heterocycles. The number of pyridine rings is 1. The van der Waals surface area contributed by atoms with Crippen LogP contribution >= 0.6 is 0 Å². The number of carbonyl (C=O) groups is 1. The van der Waals surface area contributed by atoms with Gasteiger partial charge in [-0.1, -0.05) is 25.5 Å². The maximum absolute atomic E-state index is 13.0. The van der Waals surface area contributed by atoms with Crippen LogP contribution in [0.25, 0.3) is 10.9 Å². The molecule has 128 valence electrons. The van der Waals surface area contributed by atoms with Crippen LogP contribution in [0.5, 0.6) is 0 Å². The van der Waals surface area contributed by atoms with E-state index in [-0.39, 0.29) is 28.6 Å². The van der Waals surface area contributed by atoms with E-state index in [0.717, 1.165) is 29.4 Å². The first-order valence-corrected chi connectivity index (χ1v) is 8.56. The molecule has 1 aliphatic rings. The van der Waals surface area contributed by atoms with Gasteiger partial charge in [0.1, 0.15) is 5.56 Å². The third-order valence-electron chi connectivity index (χ3n) is 4.25. The molecule has 0 aliphatic carbocycles. The highest BCUT2D eigenvalue weighted by atomic mass is 16.2. The third kappa shape index (κ3) is 3.03. The number of rotatable bonds is 3. The SMILES string of the molecule is CCCC1Cn2c(=O)c(C(=O)NC(C)(C)C)cc3cccc(c32)N1. The summed E-state index contributed by atoms with van der Waals surface area (Å²) in [5, 5.41) is 7.32. The number of carbonyl (C=O) groups excluding carboxylic acids is 1. The number of hydrogen-bond acceptors (Lipinski definition) is 3. The molecule has 5 heteroatoms. The molecule has 0 bridgehead atoms. The van der Waals surface area contributed by atoms with Crippen LogP contribution < -0.4 is 16.2 Å². The van der Waals surface area contributed by atoms with Crippen LogP contribution in [0.3, 0.4) is 0 Å².